The van der Waals surface area contributed by atoms with Gasteiger partial charge in [0.1, 0.15) is 5.56 Å². The van der Waals surface area contributed by atoms with Crippen molar-refractivity contribution in [1.29, 1.82) is 0 Å². The van der Waals surface area contributed by atoms with E-state index in [-0.39, 0.29) is 23.9 Å². The molecule has 1 atom stereocenters. The molecule has 5 nitrogen and oxygen atoms in total. The maximum absolute atomic E-state index is 12.4. The minimum atomic E-state index is -0.700. The van der Waals surface area contributed by atoms with Crippen LogP contribution in [0.3, 0.4) is 0 Å². The Hall–Kier alpha value is -2.69. The zero-order valence-corrected chi connectivity index (χ0v) is 12.8. The molecule has 0 spiro atoms. The summed E-state index contributed by atoms with van der Waals surface area (Å²) in [5, 5.41) is 0. The normalized spacial score (nSPS) is 16.7. The Labute approximate surface area is 133 Å². The van der Waals surface area contributed by atoms with Gasteiger partial charge in [-0.3, -0.25) is 9.59 Å². The number of carbonyl (C=O) groups excluding carboxylic acids is 2. The number of Topliss-reactive ketones (excluding diaryl/α,β-unsaturated/α-hetero) is 1. The Balaban J connectivity index is 1.97. The van der Waals surface area contributed by atoms with Gasteiger partial charge in [-0.25, -0.2) is 4.79 Å². The van der Waals surface area contributed by atoms with Gasteiger partial charge in [0, 0.05) is 17.7 Å². The minimum absolute atomic E-state index is 0.0419. The molecule has 0 bridgehead atoms. The van der Waals surface area contributed by atoms with Crippen molar-refractivity contribution in [2.24, 2.45) is 0 Å². The van der Waals surface area contributed by atoms with Crippen LogP contribution in [-0.2, 0) is 11.2 Å². The highest BCUT2D eigenvalue weighted by molar-refractivity contribution is 6.01. The number of nitrogens with one attached hydrogen (secondary N) is 1. The van der Waals surface area contributed by atoms with Crippen molar-refractivity contribution >= 4 is 11.8 Å². The van der Waals surface area contributed by atoms with E-state index in [0.29, 0.717) is 24.1 Å². The topological polar surface area (TPSA) is 76.2 Å². The van der Waals surface area contributed by atoms with E-state index in [1.807, 2.05) is 30.3 Å². The van der Waals surface area contributed by atoms with Crippen LogP contribution in [-0.4, -0.2) is 23.3 Å². The molecule has 118 valence electrons. The van der Waals surface area contributed by atoms with Crippen molar-refractivity contribution in [3.63, 3.8) is 0 Å². The van der Waals surface area contributed by atoms with Crippen molar-refractivity contribution in [1.82, 2.24) is 4.98 Å². The molecule has 0 aliphatic heterocycles. The van der Waals surface area contributed by atoms with Crippen LogP contribution < -0.4 is 5.56 Å². The van der Waals surface area contributed by atoms with Crippen LogP contribution in [0, 0.1) is 0 Å². The zero-order chi connectivity index (χ0) is 16.4. The molecule has 1 aliphatic carbocycles. The van der Waals surface area contributed by atoms with E-state index in [2.05, 4.69) is 4.98 Å². The molecular weight excluding hydrogens is 294 g/mol. The molecular formula is C18H17NO4. The van der Waals surface area contributed by atoms with Crippen LogP contribution in [0.4, 0.5) is 0 Å². The van der Waals surface area contributed by atoms with E-state index < -0.39 is 11.5 Å². The van der Waals surface area contributed by atoms with Crippen LogP contribution >= 0.6 is 0 Å². The quantitative estimate of drug-likeness (QED) is 0.883. The lowest BCUT2D eigenvalue weighted by Crippen LogP contribution is -2.28. The van der Waals surface area contributed by atoms with E-state index in [9.17, 15) is 14.4 Å². The second-order valence-electron chi connectivity index (χ2n) is 5.56. The summed E-state index contributed by atoms with van der Waals surface area (Å²) in [6, 6.07) is 11.1. The molecule has 0 amide bonds. The minimum Gasteiger partial charge on any atom is -0.462 e. The molecule has 1 N–H and O–H groups in total. The average Bonchev–Trinajstić information content (AvgIpc) is 2.55. The lowest BCUT2D eigenvalue weighted by atomic mass is 9.81. The molecule has 1 unspecified atom stereocenters. The van der Waals surface area contributed by atoms with Gasteiger partial charge < -0.3 is 9.72 Å². The number of hydrogen-bond acceptors (Lipinski definition) is 4. The summed E-state index contributed by atoms with van der Waals surface area (Å²) in [5.41, 5.74) is 1.45. The Morgan fingerprint density at radius 3 is 2.65 bits per heavy atom. The van der Waals surface area contributed by atoms with Crippen LogP contribution in [0.5, 0.6) is 0 Å². The van der Waals surface area contributed by atoms with Gasteiger partial charge in [-0.05, 0) is 30.9 Å². The first-order chi connectivity index (χ1) is 11.1. The summed E-state index contributed by atoms with van der Waals surface area (Å²) in [5.74, 6) is -0.725. The Morgan fingerprint density at radius 1 is 1.22 bits per heavy atom. The smallest absolute Gasteiger partial charge is 0.343 e. The lowest BCUT2D eigenvalue weighted by molar-refractivity contribution is 0.0524. The molecule has 0 fully saturated rings. The number of carbonyl (C=O) groups is 2. The van der Waals surface area contributed by atoms with E-state index >= 15 is 0 Å². The molecule has 1 aliphatic rings. The number of rotatable bonds is 3. The lowest BCUT2D eigenvalue weighted by Gasteiger charge is -2.23. The molecule has 0 radical (unpaired) electrons. The van der Waals surface area contributed by atoms with E-state index in [0.717, 1.165) is 5.56 Å². The number of pyridine rings is 1. The summed E-state index contributed by atoms with van der Waals surface area (Å²) < 4.78 is 4.86. The van der Waals surface area contributed by atoms with E-state index in [4.69, 9.17) is 4.74 Å². The third kappa shape index (κ3) is 2.95. The van der Waals surface area contributed by atoms with Gasteiger partial charge in [0.25, 0.3) is 5.56 Å². The SMILES string of the molecule is CCOC(=O)c1cc2c([nH]c1=O)CC(c1ccccc1)CC2=O. The zero-order valence-electron chi connectivity index (χ0n) is 12.8. The molecule has 1 heterocycles. The van der Waals surface area contributed by atoms with Gasteiger partial charge in [0.2, 0.25) is 0 Å². The number of H-pyrrole nitrogens is 1. The van der Waals surface area contributed by atoms with Crippen molar-refractivity contribution < 1.29 is 14.3 Å². The highest BCUT2D eigenvalue weighted by Gasteiger charge is 2.28. The van der Waals surface area contributed by atoms with Crippen LogP contribution in [0.2, 0.25) is 0 Å². The van der Waals surface area contributed by atoms with Crippen LogP contribution in [0.25, 0.3) is 0 Å². The predicted octanol–water partition coefficient (Wildman–Crippen LogP) is 2.46. The molecule has 5 heteroatoms. The van der Waals surface area contributed by atoms with Gasteiger partial charge in [0.05, 0.1) is 6.61 Å². The van der Waals surface area contributed by atoms with Crippen molar-refractivity contribution in [2.75, 3.05) is 6.61 Å². The largest absolute Gasteiger partial charge is 0.462 e. The standard InChI is InChI=1S/C18H17NO4/c1-2-23-18(22)14-10-13-15(19-17(14)21)8-12(9-16(13)20)11-6-4-3-5-7-11/h3-7,10,12H,2,8-9H2,1H3,(H,19,21). The number of fused-ring (bicyclic) bond motifs is 1. The molecule has 23 heavy (non-hydrogen) atoms. The maximum Gasteiger partial charge on any atom is 0.343 e. The second kappa shape index (κ2) is 6.20. The molecule has 0 saturated heterocycles. The number of benzene rings is 1. The first kappa shape index (κ1) is 15.2. The average molecular weight is 311 g/mol. The van der Waals surface area contributed by atoms with E-state index in [1.165, 1.54) is 6.07 Å². The number of esters is 1. The molecule has 2 aromatic rings. The summed E-state index contributed by atoms with van der Waals surface area (Å²) in [4.78, 5) is 39.0. The van der Waals surface area contributed by atoms with Crippen LogP contribution in [0.1, 0.15) is 51.2 Å². The summed E-state index contributed by atoms with van der Waals surface area (Å²) >= 11 is 0. The highest BCUT2D eigenvalue weighted by atomic mass is 16.5. The number of ketones is 1. The fourth-order valence-corrected chi connectivity index (χ4v) is 2.95. The number of aromatic amines is 1. The third-order valence-electron chi connectivity index (χ3n) is 4.07. The first-order valence-corrected chi connectivity index (χ1v) is 7.61. The molecule has 1 aromatic heterocycles. The summed E-state index contributed by atoms with van der Waals surface area (Å²) in [6.07, 6.45) is 0.939. The van der Waals surface area contributed by atoms with E-state index in [1.54, 1.807) is 6.92 Å². The number of ether oxygens (including phenoxy) is 1. The van der Waals surface area contributed by atoms with Gasteiger partial charge in [-0.1, -0.05) is 30.3 Å². The molecule has 1 aromatic carbocycles. The highest BCUT2D eigenvalue weighted by Crippen LogP contribution is 2.31. The monoisotopic (exact) mass is 311 g/mol. The molecule has 0 saturated carbocycles. The first-order valence-electron chi connectivity index (χ1n) is 7.61. The van der Waals surface area contributed by atoms with Crippen LogP contribution in [0.15, 0.2) is 41.2 Å². The summed E-state index contributed by atoms with van der Waals surface area (Å²) in [7, 11) is 0. The number of hydrogen-bond donors (Lipinski definition) is 1. The Kier molecular flexibility index (Phi) is 4.10. The number of aromatic nitrogens is 1. The predicted molar refractivity (Wildman–Crippen MR) is 84.9 cm³/mol. The molecule has 3 rings (SSSR count). The Bertz CT molecular complexity index is 808. The fourth-order valence-electron chi connectivity index (χ4n) is 2.95. The van der Waals surface area contributed by atoms with Gasteiger partial charge in [-0.15, -0.1) is 0 Å². The fraction of sp³-hybridized carbons (Fsp3) is 0.278. The summed E-state index contributed by atoms with van der Waals surface area (Å²) in [6.45, 7) is 1.85. The Morgan fingerprint density at radius 2 is 1.96 bits per heavy atom. The van der Waals surface area contributed by atoms with Crippen molar-refractivity contribution in [3.05, 3.63) is 69.1 Å². The van der Waals surface area contributed by atoms with Gasteiger partial charge in [0.15, 0.2) is 5.78 Å². The second-order valence-corrected chi connectivity index (χ2v) is 5.56. The third-order valence-corrected chi connectivity index (χ3v) is 4.07. The van der Waals surface area contributed by atoms with Crippen molar-refractivity contribution in [2.45, 2.75) is 25.7 Å². The van der Waals surface area contributed by atoms with Gasteiger partial charge in [-0.2, -0.15) is 0 Å². The maximum atomic E-state index is 12.4. The van der Waals surface area contributed by atoms with Crippen molar-refractivity contribution in [3.8, 4) is 0 Å². The van der Waals surface area contributed by atoms with Gasteiger partial charge >= 0.3 is 5.97 Å².